The molecule has 0 heterocycles. The van der Waals surface area contributed by atoms with E-state index < -0.39 is 28.4 Å². The van der Waals surface area contributed by atoms with Crippen LogP contribution in [0.1, 0.15) is 33.2 Å². The van der Waals surface area contributed by atoms with Gasteiger partial charge in [-0.25, -0.2) is 17.9 Å². The van der Waals surface area contributed by atoms with Gasteiger partial charge in [0, 0.05) is 24.7 Å². The summed E-state index contributed by atoms with van der Waals surface area (Å²) >= 11 is 0. The molecule has 9 heteroatoms. The minimum Gasteiger partial charge on any atom is -0.454 e. The molecule has 0 radical (unpaired) electrons. The summed E-state index contributed by atoms with van der Waals surface area (Å²) in [5.74, 6) is -1.49. The number of hydrogen-bond donors (Lipinski definition) is 2. The first-order chi connectivity index (χ1) is 15.7. The van der Waals surface area contributed by atoms with Crippen molar-refractivity contribution in [1.82, 2.24) is 4.72 Å². The van der Waals surface area contributed by atoms with E-state index in [9.17, 15) is 22.8 Å². The first-order valence-corrected chi connectivity index (χ1v) is 11.4. The van der Waals surface area contributed by atoms with Gasteiger partial charge in [-0.15, -0.1) is 0 Å². The molecular weight excluding hydrogens is 444 g/mol. The summed E-state index contributed by atoms with van der Waals surface area (Å²) in [6.45, 7) is 0.965. The monoisotopic (exact) mass is 466 g/mol. The number of esters is 1. The zero-order chi connectivity index (χ0) is 23.8. The van der Waals surface area contributed by atoms with Gasteiger partial charge >= 0.3 is 5.97 Å². The van der Waals surface area contributed by atoms with Crippen LogP contribution in [0.5, 0.6) is 0 Å². The fourth-order valence-electron chi connectivity index (χ4n) is 2.89. The summed E-state index contributed by atoms with van der Waals surface area (Å²) in [5.41, 5.74) is 1.64. The zero-order valence-electron chi connectivity index (χ0n) is 17.8. The summed E-state index contributed by atoms with van der Waals surface area (Å²) in [6.07, 6.45) is 0. The molecule has 33 heavy (non-hydrogen) atoms. The molecule has 0 aliphatic rings. The van der Waals surface area contributed by atoms with Gasteiger partial charge in [-0.3, -0.25) is 9.59 Å². The lowest BCUT2D eigenvalue weighted by Gasteiger charge is -2.09. The van der Waals surface area contributed by atoms with Crippen LogP contribution in [0.3, 0.4) is 0 Å². The van der Waals surface area contributed by atoms with Crippen LogP contribution in [0.4, 0.5) is 5.69 Å². The lowest BCUT2D eigenvalue weighted by Crippen LogP contribution is -2.23. The first-order valence-electron chi connectivity index (χ1n) is 9.96. The number of benzene rings is 3. The van der Waals surface area contributed by atoms with Crippen LogP contribution in [0.2, 0.25) is 0 Å². The number of amides is 1. The van der Waals surface area contributed by atoms with Crippen molar-refractivity contribution in [1.29, 1.82) is 0 Å². The van der Waals surface area contributed by atoms with E-state index in [1.165, 1.54) is 43.3 Å². The number of Topliss-reactive ketones (excluding diaryl/α,β-unsaturated/α-hetero) is 1. The number of ketones is 1. The molecule has 3 aromatic carbocycles. The van der Waals surface area contributed by atoms with Gasteiger partial charge in [0.25, 0.3) is 0 Å². The third kappa shape index (κ3) is 6.83. The number of rotatable bonds is 9. The topological polar surface area (TPSA) is 119 Å². The van der Waals surface area contributed by atoms with E-state index in [4.69, 9.17) is 4.74 Å². The number of anilines is 1. The van der Waals surface area contributed by atoms with Gasteiger partial charge in [-0.2, -0.15) is 0 Å². The second-order valence-electron chi connectivity index (χ2n) is 7.10. The first kappa shape index (κ1) is 23.8. The molecule has 0 atom stereocenters. The van der Waals surface area contributed by atoms with Crippen LogP contribution in [0, 0.1) is 0 Å². The molecule has 1 amide bonds. The summed E-state index contributed by atoms with van der Waals surface area (Å²) in [4.78, 5) is 35.6. The summed E-state index contributed by atoms with van der Waals surface area (Å²) in [7, 11) is -3.86. The standard InChI is InChI=1S/C24H22N2O6S/c1-17(27)26-21-12-10-19(11-13-21)23(28)16-32-24(29)20-8-5-9-22(14-20)33(30,31)25-15-18-6-3-2-4-7-18/h2-14,25H,15-16H2,1H3,(H,26,27). The predicted octanol–water partition coefficient (Wildman–Crippen LogP) is 3.16. The molecule has 3 rings (SSSR count). The molecule has 0 bridgehead atoms. The molecule has 2 N–H and O–H groups in total. The molecule has 0 fully saturated rings. The van der Waals surface area contributed by atoms with E-state index in [0.717, 1.165) is 5.56 Å². The molecular formula is C24H22N2O6S. The van der Waals surface area contributed by atoms with Crippen molar-refractivity contribution in [3.8, 4) is 0 Å². The molecule has 0 saturated carbocycles. The van der Waals surface area contributed by atoms with Crippen molar-refractivity contribution in [2.75, 3.05) is 11.9 Å². The van der Waals surface area contributed by atoms with Crippen LogP contribution in [0.25, 0.3) is 0 Å². The minimum absolute atomic E-state index is 0.00592. The Morgan fingerprint density at radius 3 is 2.21 bits per heavy atom. The molecule has 3 aromatic rings. The molecule has 0 saturated heterocycles. The third-order valence-corrected chi connectivity index (χ3v) is 5.95. The maximum Gasteiger partial charge on any atom is 0.338 e. The van der Waals surface area contributed by atoms with Crippen LogP contribution < -0.4 is 10.0 Å². The van der Waals surface area contributed by atoms with Gasteiger partial charge in [0.1, 0.15) is 0 Å². The van der Waals surface area contributed by atoms with Gasteiger partial charge in [-0.1, -0.05) is 36.4 Å². The largest absolute Gasteiger partial charge is 0.454 e. The second kappa shape index (κ2) is 10.7. The number of hydrogen-bond acceptors (Lipinski definition) is 6. The Kier molecular flexibility index (Phi) is 7.70. The normalized spacial score (nSPS) is 10.9. The number of carbonyl (C=O) groups excluding carboxylic acids is 3. The number of carbonyl (C=O) groups is 3. The highest BCUT2D eigenvalue weighted by Gasteiger charge is 2.18. The van der Waals surface area contributed by atoms with Crippen molar-refractivity contribution >= 4 is 33.4 Å². The Balaban J connectivity index is 1.60. The summed E-state index contributed by atoms with van der Waals surface area (Å²) in [6, 6.07) is 20.6. The molecule has 0 aromatic heterocycles. The highest BCUT2D eigenvalue weighted by molar-refractivity contribution is 7.89. The van der Waals surface area contributed by atoms with Gasteiger partial charge in [0.05, 0.1) is 10.5 Å². The summed E-state index contributed by atoms with van der Waals surface area (Å²) < 4.78 is 32.7. The number of ether oxygens (including phenoxy) is 1. The van der Waals surface area contributed by atoms with Crippen LogP contribution in [0.15, 0.2) is 83.8 Å². The van der Waals surface area contributed by atoms with E-state index in [0.29, 0.717) is 11.3 Å². The van der Waals surface area contributed by atoms with Crippen LogP contribution in [-0.2, 0) is 26.1 Å². The van der Waals surface area contributed by atoms with E-state index >= 15 is 0 Å². The van der Waals surface area contributed by atoms with E-state index in [2.05, 4.69) is 10.0 Å². The maximum atomic E-state index is 12.6. The fourth-order valence-corrected chi connectivity index (χ4v) is 3.95. The Morgan fingerprint density at radius 2 is 1.55 bits per heavy atom. The van der Waals surface area contributed by atoms with Crippen molar-refractivity contribution in [3.05, 3.63) is 95.6 Å². The predicted molar refractivity (Wildman–Crippen MR) is 122 cm³/mol. The van der Waals surface area contributed by atoms with Gasteiger partial charge < -0.3 is 10.1 Å². The van der Waals surface area contributed by atoms with Crippen molar-refractivity contribution in [3.63, 3.8) is 0 Å². The fraction of sp³-hybridized carbons (Fsp3) is 0.125. The second-order valence-corrected chi connectivity index (χ2v) is 8.86. The molecule has 170 valence electrons. The Bertz CT molecular complexity index is 1260. The van der Waals surface area contributed by atoms with Gasteiger partial charge in [-0.05, 0) is 48.0 Å². The van der Waals surface area contributed by atoms with Crippen molar-refractivity contribution in [2.24, 2.45) is 0 Å². The Labute approximate surface area is 191 Å². The smallest absolute Gasteiger partial charge is 0.338 e. The van der Waals surface area contributed by atoms with E-state index in [-0.39, 0.29) is 22.9 Å². The number of sulfonamides is 1. The van der Waals surface area contributed by atoms with Crippen LogP contribution >= 0.6 is 0 Å². The van der Waals surface area contributed by atoms with Crippen molar-refractivity contribution in [2.45, 2.75) is 18.4 Å². The lowest BCUT2D eigenvalue weighted by molar-refractivity contribution is -0.114. The quantitative estimate of drug-likeness (QED) is 0.369. The van der Waals surface area contributed by atoms with E-state index in [1.807, 2.05) is 6.07 Å². The maximum absolute atomic E-state index is 12.6. The molecule has 8 nitrogen and oxygen atoms in total. The SMILES string of the molecule is CC(=O)Nc1ccc(C(=O)COC(=O)c2cccc(S(=O)(=O)NCc3ccccc3)c2)cc1. The average Bonchev–Trinajstić information content (AvgIpc) is 2.82. The van der Waals surface area contributed by atoms with Crippen molar-refractivity contribution < 1.29 is 27.5 Å². The zero-order valence-corrected chi connectivity index (χ0v) is 18.6. The van der Waals surface area contributed by atoms with Gasteiger partial charge in [0.15, 0.2) is 12.4 Å². The lowest BCUT2D eigenvalue weighted by atomic mass is 10.1. The summed E-state index contributed by atoms with van der Waals surface area (Å²) in [5, 5.41) is 2.59. The Hall–Kier alpha value is -3.82. The highest BCUT2D eigenvalue weighted by Crippen LogP contribution is 2.14. The third-order valence-electron chi connectivity index (χ3n) is 4.55. The molecule has 0 aliphatic heterocycles. The average molecular weight is 467 g/mol. The van der Waals surface area contributed by atoms with E-state index in [1.54, 1.807) is 36.4 Å². The highest BCUT2D eigenvalue weighted by atomic mass is 32.2. The Morgan fingerprint density at radius 1 is 0.848 bits per heavy atom. The molecule has 0 unspecified atom stereocenters. The van der Waals surface area contributed by atoms with Crippen LogP contribution in [-0.4, -0.2) is 32.7 Å². The molecule has 0 aliphatic carbocycles. The number of nitrogens with one attached hydrogen (secondary N) is 2. The molecule has 0 spiro atoms. The minimum atomic E-state index is -3.86. The van der Waals surface area contributed by atoms with Gasteiger partial charge in [0.2, 0.25) is 15.9 Å².